The van der Waals surface area contributed by atoms with Crippen molar-refractivity contribution in [3.05, 3.63) is 23.4 Å². The van der Waals surface area contributed by atoms with Crippen LogP contribution in [0, 0.1) is 0 Å². The molecular formula is C19H29ClN4O5S. The molecular weight excluding hydrogens is 432 g/mol. The van der Waals surface area contributed by atoms with Crippen molar-refractivity contribution >= 4 is 33.5 Å². The summed E-state index contributed by atoms with van der Waals surface area (Å²) in [5.74, 6) is 0.777. The summed E-state index contributed by atoms with van der Waals surface area (Å²) in [5, 5.41) is 0.627. The van der Waals surface area contributed by atoms with Crippen molar-refractivity contribution in [1.29, 1.82) is 0 Å². The fourth-order valence-electron chi connectivity index (χ4n) is 4.10. The summed E-state index contributed by atoms with van der Waals surface area (Å²) >= 11 is 6.24. The fourth-order valence-corrected chi connectivity index (χ4v) is 5.16. The normalized spacial score (nSPS) is 23.4. The molecule has 0 bridgehead atoms. The number of carbonyl (C=O) groups excluding carboxylic acids is 1. The Balaban J connectivity index is 1.60. The molecule has 1 aromatic heterocycles. The highest BCUT2D eigenvalue weighted by Gasteiger charge is 2.37. The van der Waals surface area contributed by atoms with E-state index < -0.39 is 28.2 Å². The molecule has 0 saturated carbocycles. The quantitative estimate of drug-likeness (QED) is 0.691. The van der Waals surface area contributed by atoms with Crippen molar-refractivity contribution in [2.45, 2.75) is 43.9 Å². The lowest BCUT2D eigenvalue weighted by Crippen LogP contribution is -2.59. The molecule has 0 aromatic carbocycles. The lowest BCUT2D eigenvalue weighted by molar-refractivity contribution is -0.0181. The second kappa shape index (κ2) is 10.1. The summed E-state index contributed by atoms with van der Waals surface area (Å²) in [4.78, 5) is 20.3. The van der Waals surface area contributed by atoms with E-state index in [0.29, 0.717) is 24.4 Å². The lowest BCUT2D eigenvalue weighted by Gasteiger charge is -2.41. The summed E-state index contributed by atoms with van der Waals surface area (Å²) in [6.45, 7) is 2.28. The van der Waals surface area contributed by atoms with Crippen molar-refractivity contribution in [3.8, 4) is 0 Å². The molecule has 2 aliphatic heterocycles. The van der Waals surface area contributed by atoms with Crippen molar-refractivity contribution in [3.63, 3.8) is 0 Å². The highest BCUT2D eigenvalue weighted by atomic mass is 35.5. The van der Waals surface area contributed by atoms with Gasteiger partial charge in [-0.05, 0) is 37.8 Å². The van der Waals surface area contributed by atoms with Crippen molar-refractivity contribution in [2.75, 3.05) is 44.5 Å². The van der Waals surface area contributed by atoms with Gasteiger partial charge in [0.05, 0.1) is 37.1 Å². The number of piperidine rings is 2. The number of amides is 1. The van der Waals surface area contributed by atoms with Gasteiger partial charge in [0, 0.05) is 31.9 Å². The van der Waals surface area contributed by atoms with E-state index in [-0.39, 0.29) is 12.7 Å². The maximum absolute atomic E-state index is 12.2. The van der Waals surface area contributed by atoms with Crippen LogP contribution >= 0.6 is 11.6 Å². The second-order valence-electron chi connectivity index (χ2n) is 7.70. The van der Waals surface area contributed by atoms with Crippen LogP contribution < -0.4 is 9.62 Å². The zero-order valence-electron chi connectivity index (χ0n) is 17.3. The largest absolute Gasteiger partial charge is 0.453 e. The highest BCUT2D eigenvalue weighted by molar-refractivity contribution is 7.88. The number of hydrogen-bond acceptors (Lipinski definition) is 7. The number of ether oxygens (including phenoxy) is 2. The summed E-state index contributed by atoms with van der Waals surface area (Å²) in [7, 11) is -2.08. The number of carbonyl (C=O) groups is 1. The van der Waals surface area contributed by atoms with E-state index in [0.717, 1.165) is 38.0 Å². The first-order valence-electron chi connectivity index (χ1n) is 10.1. The van der Waals surface area contributed by atoms with Gasteiger partial charge in [-0.3, -0.25) is 0 Å². The van der Waals surface area contributed by atoms with Crippen LogP contribution in [0.4, 0.5) is 10.6 Å². The van der Waals surface area contributed by atoms with Crippen LogP contribution in [0.1, 0.15) is 25.7 Å². The third kappa shape index (κ3) is 5.96. The van der Waals surface area contributed by atoms with Crippen LogP contribution in [0.2, 0.25) is 5.02 Å². The number of methoxy groups -OCH3 is 1. The number of hydrogen-bond donors (Lipinski definition) is 1. The van der Waals surface area contributed by atoms with Crippen LogP contribution in [0.3, 0.4) is 0 Å². The van der Waals surface area contributed by atoms with Crippen molar-refractivity contribution < 1.29 is 22.7 Å². The maximum Gasteiger partial charge on any atom is 0.409 e. The number of halogens is 1. The molecule has 3 rings (SSSR count). The third-order valence-corrected chi connectivity index (χ3v) is 6.56. The minimum Gasteiger partial charge on any atom is -0.453 e. The van der Waals surface area contributed by atoms with Crippen LogP contribution in [-0.2, 0) is 19.5 Å². The topological polar surface area (TPSA) is 101 Å². The highest BCUT2D eigenvalue weighted by Crippen LogP contribution is 2.27. The average Bonchev–Trinajstić information content (AvgIpc) is 2.72. The van der Waals surface area contributed by atoms with Gasteiger partial charge in [0.15, 0.2) is 0 Å². The van der Waals surface area contributed by atoms with Gasteiger partial charge in [0.25, 0.3) is 0 Å². The predicted molar refractivity (Wildman–Crippen MR) is 114 cm³/mol. The Hall–Kier alpha value is -1.62. The average molecular weight is 461 g/mol. The number of nitrogens with one attached hydrogen (secondary N) is 1. The summed E-state index contributed by atoms with van der Waals surface area (Å²) in [6, 6.07) is 2.82. The first-order valence-corrected chi connectivity index (χ1v) is 12.3. The van der Waals surface area contributed by atoms with Crippen LogP contribution in [0.15, 0.2) is 18.3 Å². The van der Waals surface area contributed by atoms with Gasteiger partial charge in [-0.15, -0.1) is 0 Å². The first kappa shape index (κ1) is 23.1. The van der Waals surface area contributed by atoms with Crippen LogP contribution in [-0.4, -0.2) is 82.2 Å². The van der Waals surface area contributed by atoms with Gasteiger partial charge in [0.1, 0.15) is 5.82 Å². The zero-order chi connectivity index (χ0) is 21.7. The Morgan fingerprint density at radius 2 is 2.03 bits per heavy atom. The number of nitrogens with zero attached hydrogens (tertiary/aromatic N) is 3. The smallest absolute Gasteiger partial charge is 0.409 e. The summed E-state index contributed by atoms with van der Waals surface area (Å²) < 4.78 is 37.3. The number of rotatable bonds is 6. The van der Waals surface area contributed by atoms with Crippen LogP contribution in [0.25, 0.3) is 0 Å². The number of anilines is 1. The molecule has 1 N–H and O–H groups in total. The summed E-state index contributed by atoms with van der Waals surface area (Å²) in [5.41, 5.74) is 0. The number of sulfonamides is 1. The summed E-state index contributed by atoms with van der Waals surface area (Å²) in [6.07, 6.45) is 5.33. The molecule has 0 spiro atoms. The van der Waals surface area contributed by atoms with Gasteiger partial charge < -0.3 is 19.3 Å². The zero-order valence-corrected chi connectivity index (χ0v) is 18.9. The molecule has 2 fully saturated rings. The minimum absolute atomic E-state index is 0.0176. The molecule has 168 valence electrons. The minimum atomic E-state index is -3.41. The van der Waals surface area contributed by atoms with E-state index >= 15 is 0 Å². The lowest BCUT2D eigenvalue weighted by atomic mass is 9.97. The Labute approximate surface area is 182 Å². The molecule has 1 aromatic rings. The molecule has 2 atom stereocenters. The maximum atomic E-state index is 12.2. The van der Waals surface area contributed by atoms with E-state index in [1.54, 1.807) is 17.2 Å². The molecule has 2 saturated heterocycles. The van der Waals surface area contributed by atoms with E-state index in [4.69, 9.17) is 21.1 Å². The van der Waals surface area contributed by atoms with Crippen molar-refractivity contribution in [2.24, 2.45) is 0 Å². The SMILES string of the molecule is COC(=O)N1CCCC(NS(C)(=O)=O)C1COC1CCN(c2ncccc2Cl)CC1. The monoisotopic (exact) mass is 460 g/mol. The standard InChI is InChI=1S/C19H29ClN4O5S/c1-28-19(25)24-10-4-6-16(22-30(2,26)27)17(24)13-29-14-7-11-23(12-8-14)18-15(20)5-3-9-21-18/h3,5,9,14,16-17,22H,4,6-8,10-13H2,1-2H3. The number of pyridine rings is 1. The van der Waals surface area contributed by atoms with E-state index in [1.807, 2.05) is 6.07 Å². The predicted octanol–water partition coefficient (Wildman–Crippen LogP) is 1.87. The Morgan fingerprint density at radius 3 is 2.67 bits per heavy atom. The van der Waals surface area contributed by atoms with Gasteiger partial charge in [-0.1, -0.05) is 11.6 Å². The number of likely N-dealkylation sites (tertiary alicyclic amines) is 1. The molecule has 2 unspecified atom stereocenters. The van der Waals surface area contributed by atoms with Crippen LogP contribution in [0.5, 0.6) is 0 Å². The molecule has 11 heteroatoms. The molecule has 0 aliphatic carbocycles. The van der Waals surface area contributed by atoms with Gasteiger partial charge >= 0.3 is 6.09 Å². The number of aromatic nitrogens is 1. The fraction of sp³-hybridized carbons (Fsp3) is 0.684. The molecule has 0 radical (unpaired) electrons. The Bertz CT molecular complexity index is 832. The Morgan fingerprint density at radius 1 is 1.30 bits per heavy atom. The molecule has 30 heavy (non-hydrogen) atoms. The van der Waals surface area contributed by atoms with E-state index in [1.165, 1.54) is 7.11 Å². The molecule has 1 amide bonds. The Kier molecular flexibility index (Phi) is 7.78. The van der Waals surface area contributed by atoms with Gasteiger partial charge in [0.2, 0.25) is 10.0 Å². The third-order valence-electron chi connectivity index (χ3n) is 5.54. The molecule has 9 nitrogen and oxygen atoms in total. The molecule has 3 heterocycles. The van der Waals surface area contributed by atoms with E-state index in [2.05, 4.69) is 14.6 Å². The van der Waals surface area contributed by atoms with Gasteiger partial charge in [-0.2, -0.15) is 0 Å². The van der Waals surface area contributed by atoms with E-state index in [9.17, 15) is 13.2 Å². The molecule has 2 aliphatic rings. The first-order chi connectivity index (χ1) is 14.3. The van der Waals surface area contributed by atoms with Gasteiger partial charge in [-0.25, -0.2) is 22.9 Å². The van der Waals surface area contributed by atoms with Crippen molar-refractivity contribution in [1.82, 2.24) is 14.6 Å². The second-order valence-corrected chi connectivity index (χ2v) is 9.89.